The summed E-state index contributed by atoms with van der Waals surface area (Å²) in [5, 5.41) is 36.3. The topological polar surface area (TPSA) is 195 Å². The summed E-state index contributed by atoms with van der Waals surface area (Å²) in [6.07, 6.45) is 22.7. The molecule has 4 atom stereocenters. The Morgan fingerprint density at radius 3 is 1.90 bits per heavy atom. The fraction of sp³-hybridized carbons (Fsp3) is 0.467. The van der Waals surface area contributed by atoms with Gasteiger partial charge in [-0.05, 0) is 77.1 Å². The number of hydrogen-bond acceptors (Lipinski definition) is 15. The Bertz CT molecular complexity index is 3200. The van der Waals surface area contributed by atoms with Crippen LogP contribution in [0.5, 0.6) is 5.88 Å². The Morgan fingerprint density at radius 1 is 0.821 bits per heavy atom. The molecule has 78 heavy (non-hydrogen) atoms. The average Bonchev–Trinajstić information content (AvgIpc) is 3.94. The van der Waals surface area contributed by atoms with E-state index >= 15 is 0 Å². The number of fused-ring (bicyclic) bond motifs is 1. The summed E-state index contributed by atoms with van der Waals surface area (Å²) in [4.78, 5) is 40.1. The highest BCUT2D eigenvalue weighted by molar-refractivity contribution is 7.18. The molecule has 5 aromatic rings. The largest absolute Gasteiger partial charge is 0.493 e. The van der Waals surface area contributed by atoms with E-state index in [-0.39, 0.29) is 47.5 Å². The van der Waals surface area contributed by atoms with Crippen molar-refractivity contribution in [2.75, 3.05) is 25.0 Å². The van der Waals surface area contributed by atoms with Crippen LogP contribution in [0.25, 0.3) is 10.8 Å². The van der Waals surface area contributed by atoms with Crippen LogP contribution in [0.15, 0.2) is 95.0 Å². The zero-order chi connectivity index (χ0) is 55.6. The van der Waals surface area contributed by atoms with Crippen LogP contribution in [-0.4, -0.2) is 72.6 Å². The number of ether oxygens (including phenoxy) is 2. The number of halogens is 2. The number of rotatable bonds is 10. The third-order valence-corrected chi connectivity index (χ3v) is 17.1. The predicted molar refractivity (Wildman–Crippen MR) is 308 cm³/mol. The lowest BCUT2D eigenvalue weighted by Gasteiger charge is -2.40. The van der Waals surface area contributed by atoms with E-state index in [9.17, 15) is 19.1 Å². The van der Waals surface area contributed by atoms with E-state index in [0.29, 0.717) is 40.5 Å². The molecule has 5 heterocycles. The molecule has 3 aromatic carbocycles. The van der Waals surface area contributed by atoms with E-state index in [0.717, 1.165) is 90.0 Å². The minimum atomic E-state index is -0.619. The lowest BCUT2D eigenvalue weighted by molar-refractivity contribution is -0.0825. The number of anilines is 1. The van der Waals surface area contributed by atoms with Crippen LogP contribution in [0.1, 0.15) is 149 Å². The number of nitriles is 2. The monoisotopic (exact) mass is 1120 g/mol. The number of aryl methyl sites for hydroxylation is 1. The van der Waals surface area contributed by atoms with Crippen LogP contribution >= 0.6 is 34.3 Å². The van der Waals surface area contributed by atoms with Crippen LogP contribution in [0.3, 0.4) is 0 Å². The van der Waals surface area contributed by atoms with Crippen molar-refractivity contribution < 1.29 is 19.0 Å². The molecule has 4 unspecified atom stereocenters. The summed E-state index contributed by atoms with van der Waals surface area (Å²) in [5.41, 5.74) is 2.39. The van der Waals surface area contributed by atoms with E-state index < -0.39 is 5.60 Å². The van der Waals surface area contributed by atoms with Crippen molar-refractivity contribution in [1.82, 2.24) is 29.6 Å². The second kappa shape index (κ2) is 29.2. The van der Waals surface area contributed by atoms with Crippen molar-refractivity contribution in [3.63, 3.8) is 0 Å². The summed E-state index contributed by atoms with van der Waals surface area (Å²) in [6.45, 7) is 14.0. The van der Waals surface area contributed by atoms with Gasteiger partial charge in [-0.1, -0.05) is 137 Å². The van der Waals surface area contributed by atoms with Gasteiger partial charge in [0.15, 0.2) is 0 Å². The lowest BCUT2D eigenvalue weighted by Crippen LogP contribution is -2.50. The maximum absolute atomic E-state index is 13.3. The zero-order valence-electron chi connectivity index (χ0n) is 45.4. The number of aromatic nitrogens is 5. The first kappa shape index (κ1) is 59.5. The molecule has 0 radical (unpaired) electrons. The van der Waals surface area contributed by atoms with Crippen molar-refractivity contribution in [1.29, 1.82) is 10.5 Å². The molecule has 3 aliphatic heterocycles. The predicted octanol–water partition coefficient (Wildman–Crippen LogP) is 12.9. The van der Waals surface area contributed by atoms with E-state index in [1.54, 1.807) is 47.4 Å². The van der Waals surface area contributed by atoms with Crippen LogP contribution in [-0.2, 0) is 28.0 Å². The van der Waals surface area contributed by atoms with Gasteiger partial charge in [-0.3, -0.25) is 14.5 Å². The molecular weight excluding hydrogens is 1050 g/mol. The molecule has 412 valence electrons. The first-order chi connectivity index (χ1) is 37.8. The third-order valence-electron chi connectivity index (χ3n) is 14.3. The zero-order valence-corrected chi connectivity index (χ0v) is 47.7. The van der Waals surface area contributed by atoms with Crippen molar-refractivity contribution in [3.05, 3.63) is 158 Å². The minimum absolute atomic E-state index is 0.118. The van der Waals surface area contributed by atoms with Crippen molar-refractivity contribution >= 4 is 51.0 Å². The number of aromatic hydroxyl groups is 1. The number of nitrogens with zero attached hydrogens (tertiary/aromatic N) is 8. The first-order valence-electron chi connectivity index (χ1n) is 27.3. The Kier molecular flexibility index (Phi) is 22.2. The molecule has 10 rings (SSSR count). The van der Waals surface area contributed by atoms with Gasteiger partial charge in [0, 0.05) is 58.3 Å². The van der Waals surface area contributed by atoms with Crippen LogP contribution < -0.4 is 16.2 Å². The maximum atomic E-state index is 13.3. The molecule has 0 spiro atoms. The van der Waals surface area contributed by atoms with Gasteiger partial charge >= 0.3 is 0 Å². The minimum Gasteiger partial charge on any atom is -0.493 e. The number of morpholine rings is 1. The quantitative estimate of drug-likeness (QED) is 0.123. The van der Waals surface area contributed by atoms with Gasteiger partial charge in [0.05, 0.1) is 27.8 Å². The third kappa shape index (κ3) is 15.6. The smallest absolute Gasteiger partial charge is 0.226 e. The van der Waals surface area contributed by atoms with Crippen LogP contribution in [0, 0.1) is 44.5 Å². The van der Waals surface area contributed by atoms with E-state index in [4.69, 9.17) is 31.6 Å². The number of nitrogens with one attached hydrogen (secondary N) is 1. The first-order valence-corrected chi connectivity index (χ1v) is 29.3. The Hall–Kier alpha value is -6.18. The van der Waals surface area contributed by atoms with E-state index in [1.807, 2.05) is 50.3 Å². The van der Waals surface area contributed by atoms with E-state index in [1.165, 1.54) is 89.1 Å². The summed E-state index contributed by atoms with van der Waals surface area (Å²) in [5.74, 6) is 0.347. The Balaban J connectivity index is 0.000000152. The van der Waals surface area contributed by atoms with Gasteiger partial charge in [0.25, 0.3) is 0 Å². The molecule has 2 saturated heterocycles. The Labute approximate surface area is 469 Å². The molecule has 1 saturated carbocycles. The molecule has 0 amide bonds. The van der Waals surface area contributed by atoms with Gasteiger partial charge in [-0.2, -0.15) is 20.6 Å². The number of hydrogen-bond donors (Lipinski definition) is 2. The van der Waals surface area contributed by atoms with Gasteiger partial charge in [0.2, 0.25) is 22.7 Å². The molecule has 5 aliphatic rings. The highest BCUT2D eigenvalue weighted by Gasteiger charge is 2.59. The molecular formula is C60H71ClFN9O5S2. The highest BCUT2D eigenvalue weighted by Crippen LogP contribution is 2.59. The van der Waals surface area contributed by atoms with Gasteiger partial charge in [-0.15, -0.1) is 22.7 Å². The van der Waals surface area contributed by atoms with E-state index in [2.05, 4.69) is 51.0 Å². The molecule has 14 nitrogen and oxygen atoms in total. The summed E-state index contributed by atoms with van der Waals surface area (Å²) >= 11 is 8.12. The maximum Gasteiger partial charge on any atom is 0.226 e. The Morgan fingerprint density at radius 2 is 1.38 bits per heavy atom. The molecule has 2 aliphatic carbocycles. The normalized spacial score (nSPS) is 19.9. The molecule has 18 heteroatoms. The SMILES string of the molecule is CC1CN(C2CCCCCCCCCCC2)CC(C)O1.CCCCc1c(C)nc(NCC)nc1O.Fc1ccc(C2(Cn3cncn3)OC2c2ccccc2Cl)cc1.N#Cc1sc2c(=O)c3ccccc3c(=O)c=2sc1C#N. The fourth-order valence-electron chi connectivity index (χ4n) is 10.3. The molecule has 2 N–H and O–H groups in total. The average molecular weight is 1120 g/mol. The van der Waals surface area contributed by atoms with Crippen molar-refractivity contribution in [2.24, 2.45) is 0 Å². The highest BCUT2D eigenvalue weighted by atomic mass is 35.5. The van der Waals surface area contributed by atoms with Gasteiger partial charge < -0.3 is 19.9 Å². The lowest BCUT2D eigenvalue weighted by atomic mass is 9.91. The summed E-state index contributed by atoms with van der Waals surface area (Å²) in [6, 6.07) is 25.1. The second-order valence-corrected chi connectivity index (χ2v) is 22.6. The van der Waals surface area contributed by atoms with Gasteiger partial charge in [0.1, 0.15) is 52.1 Å². The van der Waals surface area contributed by atoms with Crippen molar-refractivity contribution in [3.8, 4) is 18.0 Å². The number of benzene rings is 3. The molecule has 0 bridgehead atoms. The second-order valence-electron chi connectivity index (χ2n) is 20.1. The number of epoxide rings is 1. The standard InChI is InChI=1S/C18H35NO.C17H13ClFN3O.C14H4N2O2S2.C11H19N3O/c1-16-14-19(15-17(2)20-16)18-12-10-8-6-4-3-5-7-9-11-13-18;18-15-4-2-1-3-14(15)16-17(23-16,9-22-11-20-10-21-22)12-5-7-13(19)8-6-12;15-5-9-10(6-16)20-14-12(18)8-4-2-1-3-7(8)11(17)13(14)19-9;1-4-6-7-9-8(3)13-11(12-5-2)14-10(9)15/h16-18H,3-15H2,1-2H3;1-8,10-11,16H,9H2;1-4H;4-7H2,1-3H3,(H2,12,13,14,15). The molecule has 3 fully saturated rings. The summed E-state index contributed by atoms with van der Waals surface area (Å²) < 4.78 is 27.4. The molecule has 2 aromatic heterocycles. The van der Waals surface area contributed by atoms with Gasteiger partial charge in [-0.25, -0.2) is 19.0 Å². The van der Waals surface area contributed by atoms with Crippen LogP contribution in [0.2, 0.25) is 5.02 Å². The van der Waals surface area contributed by atoms with Crippen molar-refractivity contribution in [2.45, 2.75) is 161 Å². The number of unbranched alkanes of at least 4 members (excludes halogenated alkanes) is 1. The fourth-order valence-corrected chi connectivity index (χ4v) is 12.6. The summed E-state index contributed by atoms with van der Waals surface area (Å²) in [7, 11) is 0. The van der Waals surface area contributed by atoms with Crippen LogP contribution in [0.4, 0.5) is 10.3 Å².